The first kappa shape index (κ1) is 26.5. The second-order valence-electron chi connectivity index (χ2n) is 10.5. The first-order chi connectivity index (χ1) is 20.0. The number of nitrogens with zero attached hydrogens (tertiary/aromatic N) is 1. The fourth-order valence-corrected chi connectivity index (χ4v) is 5.69. The standard InChI is InChI=1S/C36H30FNO3/c37-30-17-13-27(14-18-30)34(40)22-21-33-35(28-11-9-26(10-12-28)29-7-4-8-32(39)23-29)38(36(33)41)31-19-15-25(16-20-31)24-5-2-1-3-6-24/h1-20,23,33-35,39-40H,21-22H2/t33?,34-,35?/m0/s1. The van der Waals surface area contributed by atoms with Crippen LogP contribution < -0.4 is 4.90 Å². The van der Waals surface area contributed by atoms with E-state index in [1.54, 1.807) is 24.3 Å². The van der Waals surface area contributed by atoms with Crippen molar-refractivity contribution in [3.63, 3.8) is 0 Å². The third-order valence-corrected chi connectivity index (χ3v) is 7.90. The Morgan fingerprint density at radius 1 is 0.707 bits per heavy atom. The number of amides is 1. The van der Waals surface area contributed by atoms with Crippen LogP contribution in [0.25, 0.3) is 22.3 Å². The van der Waals surface area contributed by atoms with Crippen LogP contribution in [-0.2, 0) is 4.79 Å². The minimum Gasteiger partial charge on any atom is -0.508 e. The average molecular weight is 544 g/mol. The molecular formula is C36H30FNO3. The molecule has 0 radical (unpaired) electrons. The zero-order valence-corrected chi connectivity index (χ0v) is 22.4. The molecule has 1 aliphatic heterocycles. The third kappa shape index (κ3) is 5.49. The lowest BCUT2D eigenvalue weighted by Gasteiger charge is -2.48. The van der Waals surface area contributed by atoms with Gasteiger partial charge in [-0.05, 0) is 82.6 Å². The summed E-state index contributed by atoms with van der Waals surface area (Å²) >= 11 is 0. The molecule has 0 aromatic heterocycles. The first-order valence-electron chi connectivity index (χ1n) is 13.8. The number of phenols is 1. The van der Waals surface area contributed by atoms with Crippen LogP contribution in [0.3, 0.4) is 0 Å². The van der Waals surface area contributed by atoms with Crippen molar-refractivity contribution in [2.45, 2.75) is 25.0 Å². The predicted molar refractivity (Wildman–Crippen MR) is 160 cm³/mol. The van der Waals surface area contributed by atoms with Gasteiger partial charge in [-0.1, -0.05) is 91.0 Å². The summed E-state index contributed by atoms with van der Waals surface area (Å²) in [5.74, 6) is -0.421. The number of phenolic OH excluding ortho intramolecular Hbond substituents is 1. The number of hydrogen-bond acceptors (Lipinski definition) is 3. The molecule has 5 heteroatoms. The van der Waals surface area contributed by atoms with E-state index in [2.05, 4.69) is 12.1 Å². The molecule has 1 amide bonds. The molecule has 0 aliphatic carbocycles. The van der Waals surface area contributed by atoms with Gasteiger partial charge in [-0.25, -0.2) is 4.39 Å². The van der Waals surface area contributed by atoms with Crippen molar-refractivity contribution in [3.8, 4) is 28.0 Å². The zero-order valence-electron chi connectivity index (χ0n) is 22.4. The van der Waals surface area contributed by atoms with E-state index in [9.17, 15) is 19.4 Å². The lowest BCUT2D eigenvalue weighted by Crippen LogP contribution is -2.55. The van der Waals surface area contributed by atoms with Crippen molar-refractivity contribution in [2.75, 3.05) is 4.90 Å². The molecule has 1 fully saturated rings. The maximum atomic E-state index is 13.6. The summed E-state index contributed by atoms with van der Waals surface area (Å²) in [7, 11) is 0. The summed E-state index contributed by atoms with van der Waals surface area (Å²) in [6.07, 6.45) is 0.103. The fourth-order valence-electron chi connectivity index (χ4n) is 5.69. The average Bonchev–Trinajstić information content (AvgIpc) is 3.01. The second kappa shape index (κ2) is 11.4. The molecule has 2 N–H and O–H groups in total. The minimum absolute atomic E-state index is 0.0193. The van der Waals surface area contributed by atoms with E-state index in [0.29, 0.717) is 18.4 Å². The van der Waals surface area contributed by atoms with Gasteiger partial charge >= 0.3 is 0 Å². The zero-order chi connectivity index (χ0) is 28.3. The molecule has 0 spiro atoms. The molecule has 0 bridgehead atoms. The molecule has 2 unspecified atom stereocenters. The van der Waals surface area contributed by atoms with Crippen LogP contribution in [0.2, 0.25) is 0 Å². The summed E-state index contributed by atoms with van der Waals surface area (Å²) in [5, 5.41) is 20.7. The molecule has 204 valence electrons. The number of anilines is 1. The molecule has 3 atom stereocenters. The van der Waals surface area contributed by atoms with Gasteiger partial charge in [-0.3, -0.25) is 4.79 Å². The summed E-state index contributed by atoms with van der Waals surface area (Å²) < 4.78 is 13.4. The fraction of sp³-hybridized carbons (Fsp3) is 0.139. The smallest absolute Gasteiger partial charge is 0.233 e. The minimum atomic E-state index is -0.781. The SMILES string of the molecule is O=C1C(CC[C@H](O)c2ccc(F)cc2)C(c2ccc(-c3cccc(O)c3)cc2)N1c1ccc(-c2ccccc2)cc1. The highest BCUT2D eigenvalue weighted by Crippen LogP contribution is 2.47. The summed E-state index contributed by atoms with van der Waals surface area (Å²) in [5.41, 5.74) is 6.53. The molecular weight excluding hydrogens is 513 g/mol. The lowest BCUT2D eigenvalue weighted by molar-refractivity contribution is -0.131. The lowest BCUT2D eigenvalue weighted by atomic mass is 9.78. The Morgan fingerprint density at radius 3 is 2.00 bits per heavy atom. The van der Waals surface area contributed by atoms with Gasteiger partial charge in [-0.2, -0.15) is 0 Å². The number of aliphatic hydroxyl groups is 1. The Labute approximate surface area is 239 Å². The van der Waals surface area contributed by atoms with Gasteiger partial charge in [0.1, 0.15) is 11.6 Å². The molecule has 1 saturated heterocycles. The Hall–Kier alpha value is -4.74. The number of rotatable bonds is 8. The van der Waals surface area contributed by atoms with Gasteiger partial charge in [0.25, 0.3) is 0 Å². The Bertz CT molecular complexity index is 1630. The molecule has 1 heterocycles. The molecule has 5 aromatic carbocycles. The number of halogens is 1. The highest BCUT2D eigenvalue weighted by atomic mass is 19.1. The van der Waals surface area contributed by atoms with E-state index in [-0.39, 0.29) is 29.4 Å². The quantitative estimate of drug-likeness (QED) is 0.195. The van der Waals surface area contributed by atoms with Crippen LogP contribution in [0.15, 0.2) is 127 Å². The maximum Gasteiger partial charge on any atom is 0.233 e. The molecule has 1 aliphatic rings. The maximum absolute atomic E-state index is 13.6. The van der Waals surface area contributed by atoms with E-state index < -0.39 is 6.10 Å². The van der Waals surface area contributed by atoms with Crippen LogP contribution in [0, 0.1) is 11.7 Å². The van der Waals surface area contributed by atoms with E-state index in [1.807, 2.05) is 83.8 Å². The second-order valence-corrected chi connectivity index (χ2v) is 10.5. The van der Waals surface area contributed by atoms with E-state index in [1.165, 1.54) is 12.1 Å². The van der Waals surface area contributed by atoms with Crippen LogP contribution in [-0.4, -0.2) is 16.1 Å². The Kier molecular flexibility index (Phi) is 7.36. The van der Waals surface area contributed by atoms with Gasteiger partial charge in [0.2, 0.25) is 5.91 Å². The van der Waals surface area contributed by atoms with Gasteiger partial charge in [0.05, 0.1) is 18.1 Å². The van der Waals surface area contributed by atoms with Gasteiger partial charge in [-0.15, -0.1) is 0 Å². The number of hydrogen-bond donors (Lipinski definition) is 2. The number of aliphatic hydroxyl groups excluding tert-OH is 1. The Morgan fingerprint density at radius 2 is 1.32 bits per heavy atom. The van der Waals surface area contributed by atoms with Gasteiger partial charge < -0.3 is 15.1 Å². The van der Waals surface area contributed by atoms with Crippen molar-refractivity contribution >= 4 is 11.6 Å². The molecule has 5 aromatic rings. The molecule has 6 rings (SSSR count). The number of aromatic hydroxyl groups is 1. The Balaban J connectivity index is 1.27. The van der Waals surface area contributed by atoms with Crippen molar-refractivity contribution < 1.29 is 19.4 Å². The normalized spacial score (nSPS) is 17.2. The van der Waals surface area contributed by atoms with Gasteiger partial charge in [0, 0.05) is 5.69 Å². The molecule has 4 nitrogen and oxygen atoms in total. The van der Waals surface area contributed by atoms with E-state index in [0.717, 1.165) is 33.5 Å². The summed E-state index contributed by atoms with van der Waals surface area (Å²) in [6.45, 7) is 0. The van der Waals surface area contributed by atoms with Crippen molar-refractivity contribution in [1.82, 2.24) is 0 Å². The molecule has 0 saturated carbocycles. The first-order valence-corrected chi connectivity index (χ1v) is 13.8. The van der Waals surface area contributed by atoms with Crippen LogP contribution in [0.4, 0.5) is 10.1 Å². The van der Waals surface area contributed by atoms with Crippen LogP contribution in [0.1, 0.15) is 36.1 Å². The number of carbonyl (C=O) groups excluding carboxylic acids is 1. The van der Waals surface area contributed by atoms with Crippen LogP contribution in [0.5, 0.6) is 5.75 Å². The number of benzene rings is 5. The predicted octanol–water partition coefficient (Wildman–Crippen LogP) is 8.08. The number of β-lactam (4-membered cyclic amide) rings is 1. The summed E-state index contributed by atoms with van der Waals surface area (Å²) in [4.78, 5) is 15.4. The molecule has 41 heavy (non-hydrogen) atoms. The topological polar surface area (TPSA) is 60.8 Å². The van der Waals surface area contributed by atoms with Crippen molar-refractivity contribution in [3.05, 3.63) is 144 Å². The van der Waals surface area contributed by atoms with E-state index in [4.69, 9.17) is 0 Å². The van der Waals surface area contributed by atoms with Crippen LogP contribution >= 0.6 is 0 Å². The highest BCUT2D eigenvalue weighted by molar-refractivity contribution is 6.03. The highest BCUT2D eigenvalue weighted by Gasteiger charge is 2.48. The van der Waals surface area contributed by atoms with Gasteiger partial charge in [0.15, 0.2) is 0 Å². The van der Waals surface area contributed by atoms with Crippen molar-refractivity contribution in [2.24, 2.45) is 5.92 Å². The monoisotopic (exact) mass is 543 g/mol. The summed E-state index contributed by atoms with van der Waals surface area (Å²) in [6, 6.07) is 39.0. The number of carbonyl (C=O) groups is 1. The largest absolute Gasteiger partial charge is 0.508 e. The third-order valence-electron chi connectivity index (χ3n) is 7.90. The van der Waals surface area contributed by atoms with E-state index >= 15 is 0 Å². The van der Waals surface area contributed by atoms with Crippen molar-refractivity contribution in [1.29, 1.82) is 0 Å².